The van der Waals surface area contributed by atoms with Gasteiger partial charge in [0.2, 0.25) is 0 Å². The van der Waals surface area contributed by atoms with Gasteiger partial charge in [-0.15, -0.1) is 12.3 Å². The average Bonchev–Trinajstić information content (AvgIpc) is 2.15. The Morgan fingerprint density at radius 1 is 1.39 bits per heavy atom. The van der Waals surface area contributed by atoms with Gasteiger partial charge >= 0.3 is 57.4 Å². The first-order valence-corrected chi connectivity index (χ1v) is 5.55. The Morgan fingerprint density at radius 3 is 2.33 bits per heavy atom. The number of amides is 2. The maximum Gasteiger partial charge on any atom is 1.00 e. The number of carbonyl (C=O) groups is 2. The van der Waals surface area contributed by atoms with Crippen LogP contribution < -0.4 is 61.8 Å². The summed E-state index contributed by atoms with van der Waals surface area (Å²) in [6, 6.07) is -0.602. The molecule has 0 fully saturated rings. The van der Waals surface area contributed by atoms with Crippen molar-refractivity contribution in [1.29, 1.82) is 0 Å². The summed E-state index contributed by atoms with van der Waals surface area (Å²) in [5, 5.41) is 13.2. The van der Waals surface area contributed by atoms with Crippen LogP contribution in [-0.4, -0.2) is 36.0 Å². The van der Waals surface area contributed by atoms with Gasteiger partial charge in [-0.2, -0.15) is 0 Å². The van der Waals surface area contributed by atoms with E-state index in [4.69, 9.17) is 6.42 Å². The zero-order valence-corrected chi connectivity index (χ0v) is 14.6. The molecule has 0 aliphatic rings. The largest absolute Gasteiger partial charge is 1.00 e. The molecule has 0 heterocycles. The molecule has 1 atom stereocenters. The number of carbonyl (C=O) groups excluding carboxylic acids is 2. The number of carboxylic acids is 1. The molecular weight excluding hydrogens is 259 g/mol. The summed E-state index contributed by atoms with van der Waals surface area (Å²) >= 11 is 0. The number of carboxylic acid groups (broad SMARTS) is 1. The first kappa shape index (κ1) is 20.3. The monoisotopic (exact) mass is 278 g/mol. The summed E-state index contributed by atoms with van der Waals surface area (Å²) < 4.78 is 0. The van der Waals surface area contributed by atoms with E-state index in [1.165, 1.54) is 4.90 Å². The third kappa shape index (κ3) is 9.91. The van der Waals surface area contributed by atoms with Crippen LogP contribution in [0.15, 0.2) is 0 Å². The van der Waals surface area contributed by atoms with Crippen LogP contribution in [0.25, 0.3) is 0 Å². The van der Waals surface area contributed by atoms with Gasteiger partial charge in [0.05, 0.1) is 12.5 Å². The normalized spacial score (nSPS) is 11.1. The van der Waals surface area contributed by atoms with Gasteiger partial charge in [-0.25, -0.2) is 4.79 Å². The quantitative estimate of drug-likeness (QED) is 0.411. The van der Waals surface area contributed by atoms with Crippen molar-refractivity contribution in [2.45, 2.75) is 33.2 Å². The van der Waals surface area contributed by atoms with Crippen LogP contribution in [0.2, 0.25) is 0 Å². The fourth-order valence-corrected chi connectivity index (χ4v) is 1.35. The first-order valence-electron chi connectivity index (χ1n) is 5.55. The Balaban J connectivity index is 0. The van der Waals surface area contributed by atoms with Crippen LogP contribution >= 0.6 is 0 Å². The van der Waals surface area contributed by atoms with E-state index in [0.717, 1.165) is 0 Å². The molecule has 96 valence electrons. The predicted molar refractivity (Wildman–Crippen MR) is 62.9 cm³/mol. The molecule has 18 heavy (non-hydrogen) atoms. The minimum absolute atomic E-state index is 0. The molecule has 0 bridgehead atoms. The van der Waals surface area contributed by atoms with E-state index in [9.17, 15) is 14.7 Å². The second-order valence-corrected chi connectivity index (χ2v) is 4.41. The molecular formula is C12H19KN2O3. The van der Waals surface area contributed by atoms with Crippen molar-refractivity contribution >= 4 is 12.0 Å². The van der Waals surface area contributed by atoms with Crippen molar-refractivity contribution in [3.63, 3.8) is 0 Å². The Kier molecular flexibility index (Phi) is 12.2. The minimum Gasteiger partial charge on any atom is -0.548 e. The van der Waals surface area contributed by atoms with E-state index in [-0.39, 0.29) is 63.3 Å². The second-order valence-electron chi connectivity index (χ2n) is 4.41. The molecule has 5 nitrogen and oxygen atoms in total. The van der Waals surface area contributed by atoms with Gasteiger partial charge in [-0.05, 0) is 12.8 Å². The summed E-state index contributed by atoms with van der Waals surface area (Å²) in [5.41, 5.74) is 0. The van der Waals surface area contributed by atoms with Gasteiger partial charge in [0, 0.05) is 19.0 Å². The molecule has 0 rings (SSSR count). The molecule has 6 heteroatoms. The van der Waals surface area contributed by atoms with Crippen molar-refractivity contribution in [2.24, 2.45) is 5.92 Å². The molecule has 2 amide bonds. The second kappa shape index (κ2) is 10.8. The van der Waals surface area contributed by atoms with Gasteiger partial charge in [0.15, 0.2) is 0 Å². The van der Waals surface area contributed by atoms with Crippen LogP contribution in [0, 0.1) is 18.3 Å². The maximum absolute atomic E-state index is 11.8. The first-order chi connectivity index (χ1) is 7.86. The molecule has 1 unspecified atom stereocenters. The standard InChI is InChI=1S/C12H20N2O3.K/c1-5-6-10(4)13-12(17)14(7-9(2)3)8-11(15)16;/h1,9-10H,6-8H2,2-4H3,(H,13,17)(H,15,16);/q;+1/p-1. The van der Waals surface area contributed by atoms with E-state index in [1.54, 1.807) is 6.92 Å². The summed E-state index contributed by atoms with van der Waals surface area (Å²) in [4.78, 5) is 23.5. The molecule has 0 radical (unpaired) electrons. The summed E-state index contributed by atoms with van der Waals surface area (Å²) in [7, 11) is 0. The van der Waals surface area contributed by atoms with Gasteiger partial charge in [-0.3, -0.25) is 0 Å². The summed E-state index contributed by atoms with van der Waals surface area (Å²) in [6.45, 7) is 5.53. The number of aliphatic carboxylic acids is 1. The molecule has 0 saturated carbocycles. The van der Waals surface area contributed by atoms with Crippen LogP contribution in [0.5, 0.6) is 0 Å². The molecule has 1 N–H and O–H groups in total. The predicted octanol–water partition coefficient (Wildman–Crippen LogP) is -3.18. The Bertz CT molecular complexity index is 313. The zero-order chi connectivity index (χ0) is 13.4. The molecule has 0 aromatic heterocycles. The van der Waals surface area contributed by atoms with Gasteiger partial charge in [-0.1, -0.05) is 13.8 Å². The number of urea groups is 1. The molecule has 0 aromatic rings. The Labute approximate surface area is 151 Å². The fourth-order valence-electron chi connectivity index (χ4n) is 1.35. The summed E-state index contributed by atoms with van der Waals surface area (Å²) in [6.07, 6.45) is 5.53. The smallest absolute Gasteiger partial charge is 0.548 e. The van der Waals surface area contributed by atoms with Crippen LogP contribution in [-0.2, 0) is 4.79 Å². The fraction of sp³-hybridized carbons (Fsp3) is 0.667. The number of nitrogens with one attached hydrogen (secondary N) is 1. The zero-order valence-electron chi connectivity index (χ0n) is 11.5. The van der Waals surface area contributed by atoms with Gasteiger partial charge in [0.25, 0.3) is 0 Å². The van der Waals surface area contributed by atoms with Gasteiger partial charge < -0.3 is 20.1 Å². The van der Waals surface area contributed by atoms with Crippen LogP contribution in [0.3, 0.4) is 0 Å². The Morgan fingerprint density at radius 2 is 1.94 bits per heavy atom. The maximum atomic E-state index is 11.8. The van der Waals surface area contributed by atoms with E-state index < -0.39 is 18.5 Å². The van der Waals surface area contributed by atoms with Crippen molar-refractivity contribution in [3.8, 4) is 12.3 Å². The number of rotatable bonds is 6. The van der Waals surface area contributed by atoms with Crippen LogP contribution in [0.1, 0.15) is 27.2 Å². The Hall–Kier alpha value is -0.0636. The number of nitrogens with zero attached hydrogens (tertiary/aromatic N) is 1. The van der Waals surface area contributed by atoms with E-state index in [2.05, 4.69) is 11.2 Å². The summed E-state index contributed by atoms with van der Waals surface area (Å²) in [5.74, 6) is 1.34. The van der Waals surface area contributed by atoms with Crippen LogP contribution in [0.4, 0.5) is 4.79 Å². The third-order valence-corrected chi connectivity index (χ3v) is 1.99. The number of hydrogen-bond donors (Lipinski definition) is 1. The molecule has 0 spiro atoms. The van der Waals surface area contributed by atoms with E-state index >= 15 is 0 Å². The van der Waals surface area contributed by atoms with E-state index in [1.807, 2.05) is 13.8 Å². The average molecular weight is 278 g/mol. The van der Waals surface area contributed by atoms with Crippen molar-refractivity contribution in [3.05, 3.63) is 0 Å². The SMILES string of the molecule is C#CCC(C)NC(=O)N(CC(=O)[O-])CC(C)C.[K+]. The van der Waals surface area contributed by atoms with Crippen molar-refractivity contribution in [2.75, 3.05) is 13.1 Å². The molecule has 0 saturated heterocycles. The number of terminal acetylenes is 1. The minimum atomic E-state index is -1.27. The molecule has 0 aromatic carbocycles. The third-order valence-electron chi connectivity index (χ3n) is 1.99. The van der Waals surface area contributed by atoms with Crippen molar-refractivity contribution in [1.82, 2.24) is 10.2 Å². The molecule has 0 aliphatic heterocycles. The number of hydrogen-bond acceptors (Lipinski definition) is 3. The van der Waals surface area contributed by atoms with Gasteiger partial charge in [0.1, 0.15) is 0 Å². The van der Waals surface area contributed by atoms with Crippen molar-refractivity contribution < 1.29 is 66.1 Å². The van der Waals surface area contributed by atoms with E-state index in [0.29, 0.717) is 13.0 Å². The topological polar surface area (TPSA) is 72.5 Å². The molecule has 0 aliphatic carbocycles.